The number of aliphatic hydroxyl groups is 1. The van der Waals surface area contributed by atoms with Gasteiger partial charge in [-0.15, -0.1) is 36.2 Å². The summed E-state index contributed by atoms with van der Waals surface area (Å²) in [5.74, 6) is -0.469. The van der Waals surface area contributed by atoms with Gasteiger partial charge >= 0.3 is 0 Å². The van der Waals surface area contributed by atoms with E-state index in [1.54, 1.807) is 29.6 Å². The van der Waals surface area contributed by atoms with Crippen LogP contribution in [0.4, 0.5) is 4.39 Å². The van der Waals surface area contributed by atoms with Gasteiger partial charge in [0, 0.05) is 25.3 Å². The maximum Gasteiger partial charge on any atom is 0.217 e. The number of thiol groups is 1. The summed E-state index contributed by atoms with van der Waals surface area (Å²) >= 11 is 7.28. The Bertz CT molecular complexity index is 1160. The number of halogens is 1. The summed E-state index contributed by atoms with van der Waals surface area (Å²) in [5.41, 5.74) is 5.74. The molecule has 2 aromatic carbocycles. The predicted molar refractivity (Wildman–Crippen MR) is 172 cm³/mol. The third kappa shape index (κ3) is 14.4. The molecule has 0 radical (unpaired) electrons. The minimum Gasteiger partial charge on any atom is -0.400 e. The summed E-state index contributed by atoms with van der Waals surface area (Å²) in [5, 5.41) is 9.07. The highest BCUT2D eigenvalue weighted by Crippen LogP contribution is 2.44. The van der Waals surface area contributed by atoms with Gasteiger partial charge in [0.2, 0.25) is 5.91 Å². The first-order valence-corrected chi connectivity index (χ1v) is 14.3. The molecule has 0 atom stereocenters. The molecular formula is C30H40FNO4S3. The molecule has 3 rings (SSSR count). The molecule has 5 nitrogen and oxygen atoms in total. The number of nitrogens with one attached hydrogen (secondary N) is 1. The topological polar surface area (TPSA) is 83.5 Å². The van der Waals surface area contributed by atoms with Crippen LogP contribution < -0.4 is 5.32 Å². The van der Waals surface area contributed by atoms with Crippen LogP contribution in [0.3, 0.4) is 0 Å². The van der Waals surface area contributed by atoms with E-state index in [0.29, 0.717) is 6.29 Å². The zero-order chi connectivity index (χ0) is 29.3. The number of aliphatic hydroxyl groups excluding tert-OH is 1. The lowest BCUT2D eigenvalue weighted by molar-refractivity contribution is -0.120. The summed E-state index contributed by atoms with van der Waals surface area (Å²) in [6, 6.07) is 13.0. The summed E-state index contributed by atoms with van der Waals surface area (Å²) in [6.07, 6.45) is 6.99. The molecule has 39 heavy (non-hydrogen) atoms. The molecule has 0 fully saturated rings. The molecule has 0 bridgehead atoms. The van der Waals surface area contributed by atoms with Crippen molar-refractivity contribution < 1.29 is 23.9 Å². The van der Waals surface area contributed by atoms with Gasteiger partial charge in [0.25, 0.3) is 0 Å². The number of benzene rings is 2. The monoisotopic (exact) mass is 593 g/mol. The fourth-order valence-corrected chi connectivity index (χ4v) is 3.75. The molecule has 1 aliphatic carbocycles. The van der Waals surface area contributed by atoms with Crippen molar-refractivity contribution in [3.05, 3.63) is 82.0 Å². The molecule has 0 aliphatic heterocycles. The van der Waals surface area contributed by atoms with Gasteiger partial charge in [-0.3, -0.25) is 9.59 Å². The van der Waals surface area contributed by atoms with Crippen LogP contribution >= 0.6 is 36.2 Å². The Balaban J connectivity index is 0. The Hall–Kier alpha value is -2.59. The van der Waals surface area contributed by atoms with E-state index in [-0.39, 0.29) is 37.2 Å². The van der Waals surface area contributed by atoms with E-state index in [2.05, 4.69) is 54.9 Å². The molecule has 0 saturated carbocycles. The number of carbonyl (C=O) groups is 3. The minimum atomic E-state index is -0.295. The summed E-state index contributed by atoms with van der Waals surface area (Å²) in [4.78, 5) is 33.3. The van der Waals surface area contributed by atoms with Crippen LogP contribution in [0.5, 0.6) is 0 Å². The highest BCUT2D eigenvalue weighted by atomic mass is 32.2. The second-order valence-corrected chi connectivity index (χ2v) is 10.2. The largest absolute Gasteiger partial charge is 0.400 e. The van der Waals surface area contributed by atoms with E-state index in [1.807, 2.05) is 26.4 Å². The van der Waals surface area contributed by atoms with E-state index in [9.17, 15) is 18.8 Å². The van der Waals surface area contributed by atoms with Gasteiger partial charge in [-0.2, -0.15) is 0 Å². The van der Waals surface area contributed by atoms with Crippen LogP contribution in [0.1, 0.15) is 51.3 Å². The molecule has 0 saturated heterocycles. The first-order valence-electron chi connectivity index (χ1n) is 11.4. The average Bonchev–Trinajstić information content (AvgIpc) is 3.14. The van der Waals surface area contributed by atoms with Gasteiger partial charge < -0.3 is 15.2 Å². The molecule has 2 aromatic rings. The Morgan fingerprint density at radius 1 is 1.08 bits per heavy atom. The lowest BCUT2D eigenvalue weighted by Crippen LogP contribution is -2.21. The van der Waals surface area contributed by atoms with Crippen molar-refractivity contribution in [2.24, 2.45) is 0 Å². The van der Waals surface area contributed by atoms with Crippen LogP contribution in [0.25, 0.3) is 17.2 Å². The van der Waals surface area contributed by atoms with Crippen LogP contribution in [0.15, 0.2) is 64.4 Å². The number of amides is 1. The standard InChI is InChI=1S/C20H17FOS2.C4H7NO2.C4H8S.CH4O.CH4/c1-12-17(9-13-3-6-15(24-2)7-4-13)16-8-5-14(21)10-19(16)18(12)11-20(22)23;1-4(7)5-2-3-6;1-4(2)5-3;1-2;/h3-10H,11H2,1-2H3,(H,22,23);3H,2H2,1H3,(H,5,7);1H2,2-3H3;2H,1H3;1H4/b17-9-;;;;. The van der Waals surface area contributed by atoms with Crippen LogP contribution in [-0.4, -0.2) is 48.6 Å². The number of thioether (sulfide) groups is 2. The van der Waals surface area contributed by atoms with E-state index >= 15 is 0 Å². The van der Waals surface area contributed by atoms with Crippen molar-refractivity contribution in [2.45, 2.75) is 39.5 Å². The van der Waals surface area contributed by atoms with Gasteiger partial charge in [-0.05, 0) is 95.0 Å². The smallest absolute Gasteiger partial charge is 0.217 e. The maximum atomic E-state index is 13.7. The third-order valence-electron chi connectivity index (χ3n) is 4.99. The lowest BCUT2D eigenvalue weighted by Gasteiger charge is -2.05. The predicted octanol–water partition coefficient (Wildman–Crippen LogP) is 7.17. The first kappa shape index (κ1) is 38.6. The number of fused-ring (bicyclic) bond motifs is 1. The Labute approximate surface area is 246 Å². The first-order chi connectivity index (χ1) is 18.0. The fraction of sp³-hybridized carbons (Fsp3) is 0.300. The fourth-order valence-electron chi connectivity index (χ4n) is 3.18. The van der Waals surface area contributed by atoms with E-state index in [1.165, 1.54) is 28.9 Å². The Kier molecular flexibility index (Phi) is 21.0. The quantitative estimate of drug-likeness (QED) is 0.179. The maximum absolute atomic E-state index is 13.7. The zero-order valence-electron chi connectivity index (χ0n) is 22.6. The van der Waals surface area contributed by atoms with Crippen molar-refractivity contribution in [1.29, 1.82) is 0 Å². The second kappa shape index (κ2) is 21.3. The summed E-state index contributed by atoms with van der Waals surface area (Å²) in [7, 11) is 1.00. The molecule has 0 heterocycles. The van der Waals surface area contributed by atoms with E-state index in [4.69, 9.17) is 5.11 Å². The second-order valence-electron chi connectivity index (χ2n) is 7.71. The average molecular weight is 594 g/mol. The molecule has 2 N–H and O–H groups in total. The molecule has 9 heteroatoms. The van der Waals surface area contributed by atoms with Gasteiger partial charge in [-0.25, -0.2) is 4.39 Å². The molecule has 1 aliphatic rings. The highest BCUT2D eigenvalue weighted by Gasteiger charge is 2.25. The number of carbonyl (C=O) groups excluding carboxylic acids is 3. The zero-order valence-corrected chi connectivity index (χ0v) is 25.2. The molecular weight excluding hydrogens is 554 g/mol. The molecule has 0 spiro atoms. The van der Waals surface area contributed by atoms with Crippen LogP contribution in [0.2, 0.25) is 0 Å². The lowest BCUT2D eigenvalue weighted by atomic mass is 10.0. The SMILES string of the molecule is C.C=C(C)SC.CC(=O)NCC=O.CO.CSc1ccc(/C=C2/C(C)=C(CC(=O)S)c3cc(F)ccc32)cc1. The molecule has 214 valence electrons. The van der Waals surface area contributed by atoms with Gasteiger partial charge in [0.05, 0.1) is 6.54 Å². The molecule has 0 unspecified atom stereocenters. The van der Waals surface area contributed by atoms with Gasteiger partial charge in [-0.1, -0.05) is 32.2 Å². The number of rotatable bonds is 7. The minimum absolute atomic E-state index is 0. The van der Waals surface area contributed by atoms with Crippen LogP contribution in [-0.2, 0) is 14.4 Å². The van der Waals surface area contributed by atoms with E-state index in [0.717, 1.165) is 40.5 Å². The normalized spacial score (nSPS) is 11.8. The van der Waals surface area contributed by atoms with E-state index < -0.39 is 0 Å². The third-order valence-corrected chi connectivity index (χ3v) is 6.59. The Morgan fingerprint density at radius 3 is 2.05 bits per heavy atom. The number of hydrogen-bond acceptors (Lipinski definition) is 6. The summed E-state index contributed by atoms with van der Waals surface area (Å²) < 4.78 is 13.7. The van der Waals surface area contributed by atoms with Gasteiger partial charge in [0.1, 0.15) is 12.1 Å². The van der Waals surface area contributed by atoms with Crippen molar-refractivity contribution in [3.8, 4) is 0 Å². The number of aldehydes is 1. The van der Waals surface area contributed by atoms with Crippen molar-refractivity contribution in [3.63, 3.8) is 0 Å². The number of hydrogen-bond donors (Lipinski definition) is 3. The van der Waals surface area contributed by atoms with Gasteiger partial charge in [0.15, 0.2) is 5.12 Å². The Morgan fingerprint density at radius 2 is 1.64 bits per heavy atom. The van der Waals surface area contributed by atoms with Crippen molar-refractivity contribution >= 4 is 70.7 Å². The van der Waals surface area contributed by atoms with Crippen LogP contribution in [0, 0.1) is 5.82 Å². The summed E-state index contributed by atoms with van der Waals surface area (Å²) in [6.45, 7) is 9.09. The molecule has 1 amide bonds. The molecule has 0 aromatic heterocycles. The van der Waals surface area contributed by atoms with Crippen molar-refractivity contribution in [2.75, 3.05) is 26.2 Å². The highest BCUT2D eigenvalue weighted by molar-refractivity contribution is 8.02. The number of allylic oxidation sites excluding steroid dienone is 4. The van der Waals surface area contributed by atoms with Crippen molar-refractivity contribution in [1.82, 2.24) is 5.32 Å².